The lowest BCUT2D eigenvalue weighted by atomic mass is 9.91. The molecule has 3 aliphatic rings. The van der Waals surface area contributed by atoms with Crippen molar-refractivity contribution in [2.75, 3.05) is 26.7 Å². The number of benzene rings is 2. The molecular formula is C25H27F3N2O. The number of halogens is 3. The van der Waals surface area contributed by atoms with Crippen molar-refractivity contribution in [3.8, 4) is 11.1 Å². The molecule has 1 amide bonds. The Balaban J connectivity index is 1.41. The van der Waals surface area contributed by atoms with Crippen molar-refractivity contribution in [3.05, 3.63) is 59.2 Å². The van der Waals surface area contributed by atoms with Gasteiger partial charge in [0.25, 0.3) is 0 Å². The van der Waals surface area contributed by atoms with Gasteiger partial charge in [-0.15, -0.1) is 0 Å². The van der Waals surface area contributed by atoms with Crippen LogP contribution in [0.25, 0.3) is 11.1 Å². The Morgan fingerprint density at radius 3 is 2.26 bits per heavy atom. The molecule has 3 nitrogen and oxygen atoms in total. The van der Waals surface area contributed by atoms with Crippen LogP contribution < -0.4 is 0 Å². The monoisotopic (exact) mass is 428 g/mol. The summed E-state index contributed by atoms with van der Waals surface area (Å²) in [5.74, 6) is 0.863. The molecule has 2 saturated heterocycles. The second-order valence-corrected chi connectivity index (χ2v) is 9.27. The van der Waals surface area contributed by atoms with Gasteiger partial charge in [0.2, 0.25) is 5.91 Å². The van der Waals surface area contributed by atoms with E-state index in [4.69, 9.17) is 0 Å². The molecule has 164 valence electrons. The first-order valence-corrected chi connectivity index (χ1v) is 11.1. The van der Waals surface area contributed by atoms with Crippen molar-refractivity contribution in [2.45, 2.75) is 43.8 Å². The molecule has 1 unspecified atom stereocenters. The van der Waals surface area contributed by atoms with Crippen LogP contribution in [-0.4, -0.2) is 42.4 Å². The maximum atomic E-state index is 13.3. The van der Waals surface area contributed by atoms with E-state index in [-0.39, 0.29) is 17.9 Å². The second-order valence-electron chi connectivity index (χ2n) is 9.27. The van der Waals surface area contributed by atoms with E-state index in [1.807, 2.05) is 6.07 Å². The van der Waals surface area contributed by atoms with Crippen LogP contribution in [0.4, 0.5) is 13.2 Å². The minimum absolute atomic E-state index is 0.0929. The van der Waals surface area contributed by atoms with Crippen LogP contribution in [0.2, 0.25) is 0 Å². The van der Waals surface area contributed by atoms with Crippen LogP contribution in [0, 0.1) is 5.92 Å². The Bertz CT molecular complexity index is 977. The number of fused-ring (bicyclic) bond motifs is 5. The van der Waals surface area contributed by atoms with Gasteiger partial charge in [0.1, 0.15) is 0 Å². The van der Waals surface area contributed by atoms with Crippen LogP contribution in [0.5, 0.6) is 0 Å². The number of carbonyl (C=O) groups is 1. The third-order valence-electron chi connectivity index (χ3n) is 7.38. The maximum Gasteiger partial charge on any atom is 0.416 e. The lowest BCUT2D eigenvalue weighted by Crippen LogP contribution is -2.44. The zero-order valence-corrected chi connectivity index (χ0v) is 17.7. The SMILES string of the molecule is CN1CCC(C(=O)N2CCC3C[C@H]2c2cc(-c4ccc(C(F)(F)F)cc4)ccc23)CC1. The second kappa shape index (κ2) is 7.66. The van der Waals surface area contributed by atoms with Gasteiger partial charge in [-0.2, -0.15) is 13.2 Å². The smallest absolute Gasteiger partial charge is 0.335 e. The van der Waals surface area contributed by atoms with E-state index in [0.29, 0.717) is 5.92 Å². The highest BCUT2D eigenvalue weighted by molar-refractivity contribution is 5.80. The molecule has 2 atom stereocenters. The van der Waals surface area contributed by atoms with Crippen molar-refractivity contribution < 1.29 is 18.0 Å². The molecule has 31 heavy (non-hydrogen) atoms. The molecule has 2 aromatic carbocycles. The van der Waals surface area contributed by atoms with Crippen LogP contribution in [0.15, 0.2) is 42.5 Å². The van der Waals surface area contributed by atoms with Crippen molar-refractivity contribution in [2.24, 2.45) is 5.92 Å². The average Bonchev–Trinajstić information content (AvgIpc) is 3.05. The summed E-state index contributed by atoms with van der Waals surface area (Å²) < 4.78 is 38.7. The van der Waals surface area contributed by atoms with Gasteiger partial charge in [-0.1, -0.05) is 24.3 Å². The van der Waals surface area contributed by atoms with E-state index in [1.165, 1.54) is 23.3 Å². The van der Waals surface area contributed by atoms with E-state index in [2.05, 4.69) is 29.0 Å². The van der Waals surface area contributed by atoms with Gasteiger partial charge < -0.3 is 9.80 Å². The normalized spacial score (nSPS) is 24.3. The fourth-order valence-electron chi connectivity index (χ4n) is 5.56. The molecule has 2 aromatic rings. The average molecular weight is 428 g/mol. The van der Waals surface area contributed by atoms with Gasteiger partial charge in [-0.05, 0) is 92.2 Å². The van der Waals surface area contributed by atoms with E-state index in [1.54, 1.807) is 0 Å². The first-order chi connectivity index (χ1) is 14.8. The van der Waals surface area contributed by atoms with Gasteiger partial charge in [-0.3, -0.25) is 4.79 Å². The number of amides is 1. The molecule has 6 heteroatoms. The number of hydrogen-bond donors (Lipinski definition) is 0. The molecule has 0 radical (unpaired) electrons. The highest BCUT2D eigenvalue weighted by Crippen LogP contribution is 2.50. The maximum absolute atomic E-state index is 13.3. The minimum Gasteiger partial charge on any atom is -0.335 e. The number of likely N-dealkylation sites (tertiary alicyclic amines) is 2. The van der Waals surface area contributed by atoms with Gasteiger partial charge in [0.05, 0.1) is 11.6 Å². The Morgan fingerprint density at radius 2 is 1.58 bits per heavy atom. The number of piperidine rings is 2. The highest BCUT2D eigenvalue weighted by atomic mass is 19.4. The molecule has 5 rings (SSSR count). The third kappa shape index (κ3) is 3.75. The summed E-state index contributed by atoms with van der Waals surface area (Å²) in [6.45, 7) is 2.73. The van der Waals surface area contributed by atoms with E-state index in [9.17, 15) is 18.0 Å². The molecule has 1 aliphatic carbocycles. The number of rotatable bonds is 2. The van der Waals surface area contributed by atoms with Crippen molar-refractivity contribution >= 4 is 5.91 Å². The lowest BCUT2D eigenvalue weighted by molar-refractivity contribution is -0.141. The summed E-state index contributed by atoms with van der Waals surface area (Å²) in [5.41, 5.74) is 3.53. The number of alkyl halides is 3. The van der Waals surface area contributed by atoms with Crippen LogP contribution in [-0.2, 0) is 11.0 Å². The quantitative estimate of drug-likeness (QED) is 0.633. The zero-order chi connectivity index (χ0) is 21.8. The molecular weight excluding hydrogens is 401 g/mol. The third-order valence-corrected chi connectivity index (χ3v) is 7.38. The fraction of sp³-hybridized carbons (Fsp3) is 0.480. The first kappa shape index (κ1) is 20.6. The summed E-state index contributed by atoms with van der Waals surface area (Å²) in [4.78, 5) is 17.7. The molecule has 0 saturated carbocycles. The summed E-state index contributed by atoms with van der Waals surface area (Å²) in [5, 5.41) is 0. The largest absolute Gasteiger partial charge is 0.416 e. The van der Waals surface area contributed by atoms with Gasteiger partial charge in [0.15, 0.2) is 0 Å². The Labute approximate surface area is 180 Å². The molecule has 2 bridgehead atoms. The van der Waals surface area contributed by atoms with Crippen LogP contribution in [0.1, 0.15) is 54.3 Å². The van der Waals surface area contributed by atoms with Gasteiger partial charge in [-0.25, -0.2) is 0 Å². The molecule has 2 fully saturated rings. The summed E-state index contributed by atoms with van der Waals surface area (Å²) >= 11 is 0. The molecule has 2 aliphatic heterocycles. The number of carbonyl (C=O) groups excluding carboxylic acids is 1. The topological polar surface area (TPSA) is 23.6 Å². The van der Waals surface area contributed by atoms with E-state index >= 15 is 0 Å². The van der Waals surface area contributed by atoms with Gasteiger partial charge >= 0.3 is 6.18 Å². The minimum atomic E-state index is -4.33. The number of nitrogens with zero attached hydrogens (tertiary/aromatic N) is 2. The Kier molecular flexibility index (Phi) is 5.08. The zero-order valence-electron chi connectivity index (χ0n) is 17.7. The standard InChI is InChI=1S/C25H27F3N2O/c1-29-11-8-17(9-12-29)24(31)30-13-10-19-15-23(30)22-14-18(4-7-21(19)22)16-2-5-20(6-3-16)25(26,27)28/h2-7,14,17,19,23H,8-13,15H2,1H3/t19?,23-/m0/s1. The molecule has 2 heterocycles. The summed E-state index contributed by atoms with van der Waals surface area (Å²) in [6.07, 6.45) is -0.547. The predicted molar refractivity (Wildman–Crippen MR) is 114 cm³/mol. The van der Waals surface area contributed by atoms with Crippen LogP contribution >= 0.6 is 0 Å². The lowest BCUT2D eigenvalue weighted by Gasteiger charge is -2.38. The molecule has 0 N–H and O–H groups in total. The predicted octanol–water partition coefficient (Wildman–Crippen LogP) is 5.47. The Hall–Kier alpha value is -2.34. The van der Waals surface area contributed by atoms with E-state index < -0.39 is 11.7 Å². The van der Waals surface area contributed by atoms with Crippen molar-refractivity contribution in [3.63, 3.8) is 0 Å². The molecule has 0 aromatic heterocycles. The number of hydrogen-bond acceptors (Lipinski definition) is 2. The summed E-state index contributed by atoms with van der Waals surface area (Å²) in [7, 11) is 2.10. The summed E-state index contributed by atoms with van der Waals surface area (Å²) in [6, 6.07) is 11.7. The van der Waals surface area contributed by atoms with Gasteiger partial charge in [0, 0.05) is 12.5 Å². The van der Waals surface area contributed by atoms with E-state index in [0.717, 1.165) is 68.6 Å². The molecule has 0 spiro atoms. The Morgan fingerprint density at radius 1 is 0.903 bits per heavy atom. The first-order valence-electron chi connectivity index (χ1n) is 11.1. The highest BCUT2D eigenvalue weighted by Gasteiger charge is 2.42. The van der Waals surface area contributed by atoms with Crippen molar-refractivity contribution in [1.29, 1.82) is 0 Å². The van der Waals surface area contributed by atoms with Crippen molar-refractivity contribution in [1.82, 2.24) is 9.80 Å². The van der Waals surface area contributed by atoms with Crippen LogP contribution in [0.3, 0.4) is 0 Å². The fourth-order valence-corrected chi connectivity index (χ4v) is 5.56.